The second-order valence-electron chi connectivity index (χ2n) is 9.26. The Labute approximate surface area is 213 Å². The molecular weight excluding hydrogens is 454 g/mol. The van der Waals surface area contributed by atoms with Gasteiger partial charge in [-0.05, 0) is 75.1 Å². The summed E-state index contributed by atoms with van der Waals surface area (Å²) in [5.41, 5.74) is 4.82. The van der Waals surface area contributed by atoms with Crippen molar-refractivity contribution in [3.8, 4) is 22.8 Å². The average Bonchev–Trinajstić information content (AvgIpc) is 3.30. The van der Waals surface area contributed by atoms with E-state index in [1.54, 1.807) is 14.2 Å². The summed E-state index contributed by atoms with van der Waals surface area (Å²) in [4.78, 5) is 33.7. The van der Waals surface area contributed by atoms with Gasteiger partial charge in [0.15, 0.2) is 11.5 Å². The Balaban J connectivity index is 1.63. The van der Waals surface area contributed by atoms with Gasteiger partial charge >= 0.3 is 0 Å². The van der Waals surface area contributed by atoms with Crippen molar-refractivity contribution in [3.05, 3.63) is 47.5 Å². The largest absolute Gasteiger partial charge is 0.493 e. The first-order valence-electron chi connectivity index (χ1n) is 12.9. The lowest BCUT2D eigenvalue weighted by Crippen LogP contribution is -2.46. The van der Waals surface area contributed by atoms with Crippen LogP contribution in [0.5, 0.6) is 11.5 Å². The predicted octanol–water partition coefficient (Wildman–Crippen LogP) is 5.14. The van der Waals surface area contributed by atoms with E-state index in [0.717, 1.165) is 47.0 Å². The molecule has 1 unspecified atom stereocenters. The molecule has 0 saturated carbocycles. The first kappa shape index (κ1) is 25.6. The van der Waals surface area contributed by atoms with Crippen LogP contribution in [-0.2, 0) is 11.2 Å². The first-order valence-corrected chi connectivity index (χ1v) is 12.9. The molecule has 1 fully saturated rings. The molecule has 1 atom stereocenters. The molecule has 1 aliphatic heterocycles. The Morgan fingerprint density at radius 3 is 2.44 bits per heavy atom. The summed E-state index contributed by atoms with van der Waals surface area (Å²) >= 11 is 0. The van der Waals surface area contributed by atoms with E-state index >= 15 is 0 Å². The summed E-state index contributed by atoms with van der Waals surface area (Å²) < 4.78 is 10.9. The lowest BCUT2D eigenvalue weighted by molar-refractivity contribution is -0.136. The number of fused-ring (bicyclic) bond motifs is 1. The number of hydrogen-bond acceptors (Lipinski definition) is 4. The summed E-state index contributed by atoms with van der Waals surface area (Å²) in [6.07, 6.45) is 2.50. The molecule has 0 aliphatic carbocycles. The number of methoxy groups -OCH3 is 2. The van der Waals surface area contributed by atoms with Crippen molar-refractivity contribution < 1.29 is 19.1 Å². The fourth-order valence-corrected chi connectivity index (χ4v) is 5.33. The normalized spacial score (nSPS) is 15.7. The molecular formula is C29H37N3O4. The Morgan fingerprint density at radius 2 is 1.78 bits per heavy atom. The second kappa shape index (κ2) is 11.1. The van der Waals surface area contributed by atoms with Crippen molar-refractivity contribution in [2.75, 3.05) is 40.4 Å². The summed E-state index contributed by atoms with van der Waals surface area (Å²) in [7, 11) is 3.26. The average molecular weight is 492 g/mol. The van der Waals surface area contributed by atoms with Gasteiger partial charge < -0.3 is 24.3 Å². The molecule has 0 spiro atoms. The number of aromatic amines is 1. The predicted molar refractivity (Wildman–Crippen MR) is 143 cm³/mol. The Bertz CT molecular complexity index is 1240. The van der Waals surface area contributed by atoms with Crippen LogP contribution in [0.4, 0.5) is 0 Å². The van der Waals surface area contributed by atoms with Crippen LogP contribution >= 0.6 is 0 Å². The number of benzene rings is 2. The fraction of sp³-hybridized carbons (Fsp3) is 0.448. The van der Waals surface area contributed by atoms with Crippen LogP contribution in [0, 0.1) is 5.92 Å². The van der Waals surface area contributed by atoms with Crippen LogP contribution in [0.15, 0.2) is 36.4 Å². The van der Waals surface area contributed by atoms with Crippen molar-refractivity contribution >= 4 is 22.7 Å². The molecule has 192 valence electrons. The number of ether oxygens (including phenoxy) is 2. The van der Waals surface area contributed by atoms with Crippen LogP contribution < -0.4 is 9.47 Å². The van der Waals surface area contributed by atoms with Crippen molar-refractivity contribution in [1.29, 1.82) is 0 Å². The van der Waals surface area contributed by atoms with E-state index in [1.165, 1.54) is 0 Å². The van der Waals surface area contributed by atoms with Crippen LogP contribution in [0.25, 0.3) is 22.2 Å². The highest BCUT2D eigenvalue weighted by Crippen LogP contribution is 2.36. The Kier molecular flexibility index (Phi) is 7.87. The topological polar surface area (TPSA) is 74.9 Å². The minimum absolute atomic E-state index is 0.00938. The maximum atomic E-state index is 13.5. The highest BCUT2D eigenvalue weighted by molar-refractivity contribution is 6.00. The van der Waals surface area contributed by atoms with Crippen molar-refractivity contribution in [2.24, 2.45) is 5.92 Å². The smallest absolute Gasteiger partial charge is 0.253 e. The zero-order chi connectivity index (χ0) is 25.8. The van der Waals surface area contributed by atoms with E-state index in [-0.39, 0.29) is 17.7 Å². The van der Waals surface area contributed by atoms with E-state index in [1.807, 2.05) is 60.0 Å². The standard InChI is InChI=1S/C29H37N3O4/c1-6-22-23-16-20(28(33)32-15-9-10-21(18-32)29(34)31(7-2)8-3)11-13-24(23)30-27(22)19-12-14-25(35-4)26(17-19)36-5/h11-14,16-17,21,30H,6-10,15,18H2,1-5H3. The van der Waals surface area contributed by atoms with Gasteiger partial charge in [-0.2, -0.15) is 0 Å². The van der Waals surface area contributed by atoms with Gasteiger partial charge in [0.05, 0.1) is 20.1 Å². The van der Waals surface area contributed by atoms with Gasteiger partial charge in [-0.3, -0.25) is 9.59 Å². The third-order valence-electron chi connectivity index (χ3n) is 7.31. The molecule has 1 aliphatic rings. The molecule has 7 nitrogen and oxygen atoms in total. The number of aromatic nitrogens is 1. The van der Waals surface area contributed by atoms with Crippen LogP contribution in [0.2, 0.25) is 0 Å². The highest BCUT2D eigenvalue weighted by Gasteiger charge is 2.31. The number of aryl methyl sites for hydroxylation is 1. The van der Waals surface area contributed by atoms with Gasteiger partial charge in [-0.1, -0.05) is 6.92 Å². The van der Waals surface area contributed by atoms with E-state index in [2.05, 4.69) is 11.9 Å². The molecule has 2 amide bonds. The van der Waals surface area contributed by atoms with Gasteiger partial charge in [-0.25, -0.2) is 0 Å². The van der Waals surface area contributed by atoms with E-state index < -0.39 is 0 Å². The molecule has 1 aromatic heterocycles. The van der Waals surface area contributed by atoms with Gasteiger partial charge in [0, 0.05) is 53.9 Å². The molecule has 3 aromatic rings. The molecule has 0 radical (unpaired) electrons. The lowest BCUT2D eigenvalue weighted by Gasteiger charge is -2.34. The van der Waals surface area contributed by atoms with Crippen molar-refractivity contribution in [1.82, 2.24) is 14.8 Å². The number of rotatable bonds is 8. The van der Waals surface area contributed by atoms with E-state index in [0.29, 0.717) is 43.2 Å². The molecule has 2 heterocycles. The Morgan fingerprint density at radius 1 is 1.03 bits per heavy atom. The number of amides is 2. The quantitative estimate of drug-likeness (QED) is 0.474. The van der Waals surface area contributed by atoms with Crippen molar-refractivity contribution in [3.63, 3.8) is 0 Å². The number of carbonyl (C=O) groups excluding carboxylic acids is 2. The summed E-state index contributed by atoms with van der Waals surface area (Å²) in [6.45, 7) is 8.69. The highest BCUT2D eigenvalue weighted by atomic mass is 16.5. The number of likely N-dealkylation sites (tertiary alicyclic amines) is 1. The number of nitrogens with zero attached hydrogens (tertiary/aromatic N) is 2. The SMILES string of the molecule is CCc1c(-c2ccc(OC)c(OC)c2)[nH]c2ccc(C(=O)N3CCCC(C(=O)N(CC)CC)C3)cc12. The number of piperidine rings is 1. The number of nitrogens with one attached hydrogen (secondary N) is 1. The summed E-state index contributed by atoms with van der Waals surface area (Å²) in [5, 5.41) is 1.04. The number of H-pyrrole nitrogens is 1. The molecule has 1 saturated heterocycles. The Hall–Kier alpha value is -3.48. The van der Waals surface area contributed by atoms with E-state index in [4.69, 9.17) is 9.47 Å². The number of hydrogen-bond donors (Lipinski definition) is 1. The summed E-state index contributed by atoms with van der Waals surface area (Å²) in [6, 6.07) is 11.7. The maximum Gasteiger partial charge on any atom is 0.253 e. The van der Waals surface area contributed by atoms with Crippen molar-refractivity contribution in [2.45, 2.75) is 40.0 Å². The molecule has 0 bridgehead atoms. The van der Waals surface area contributed by atoms with Crippen LogP contribution in [-0.4, -0.2) is 67.0 Å². The summed E-state index contributed by atoms with van der Waals surface area (Å²) in [5.74, 6) is 1.38. The molecule has 7 heteroatoms. The fourth-order valence-electron chi connectivity index (χ4n) is 5.33. The molecule has 36 heavy (non-hydrogen) atoms. The molecule has 1 N–H and O–H groups in total. The zero-order valence-electron chi connectivity index (χ0n) is 22.0. The zero-order valence-corrected chi connectivity index (χ0v) is 22.0. The second-order valence-corrected chi connectivity index (χ2v) is 9.26. The lowest BCUT2D eigenvalue weighted by atomic mass is 9.95. The third-order valence-corrected chi connectivity index (χ3v) is 7.31. The monoisotopic (exact) mass is 491 g/mol. The van der Waals surface area contributed by atoms with E-state index in [9.17, 15) is 9.59 Å². The minimum atomic E-state index is -0.124. The van der Waals surface area contributed by atoms with Crippen LogP contribution in [0.3, 0.4) is 0 Å². The van der Waals surface area contributed by atoms with Crippen LogP contribution in [0.1, 0.15) is 49.5 Å². The molecule has 2 aromatic carbocycles. The van der Waals surface area contributed by atoms with Gasteiger partial charge in [0.1, 0.15) is 0 Å². The third kappa shape index (κ3) is 4.79. The minimum Gasteiger partial charge on any atom is -0.493 e. The maximum absolute atomic E-state index is 13.5. The van der Waals surface area contributed by atoms with Gasteiger partial charge in [0.2, 0.25) is 5.91 Å². The molecule has 4 rings (SSSR count). The number of carbonyl (C=O) groups is 2. The van der Waals surface area contributed by atoms with Gasteiger partial charge in [-0.15, -0.1) is 0 Å². The van der Waals surface area contributed by atoms with Gasteiger partial charge in [0.25, 0.3) is 5.91 Å². The first-order chi connectivity index (χ1) is 17.4.